The zero-order valence-corrected chi connectivity index (χ0v) is 12.3. The van der Waals surface area contributed by atoms with Crippen molar-refractivity contribution in [3.8, 4) is 11.1 Å². The first kappa shape index (κ1) is 12.8. The van der Waals surface area contributed by atoms with Crippen LogP contribution in [0.3, 0.4) is 0 Å². The van der Waals surface area contributed by atoms with E-state index >= 15 is 0 Å². The maximum atomic E-state index is 12.7. The van der Waals surface area contributed by atoms with E-state index in [9.17, 15) is 5.21 Å². The first-order valence-electron chi connectivity index (χ1n) is 8.05. The first-order chi connectivity index (χ1) is 10.4. The van der Waals surface area contributed by atoms with E-state index in [1.807, 2.05) is 18.5 Å². The second kappa shape index (κ2) is 5.14. The van der Waals surface area contributed by atoms with Gasteiger partial charge in [-0.05, 0) is 44.6 Å². The molecule has 0 aromatic carbocycles. The summed E-state index contributed by atoms with van der Waals surface area (Å²) in [4.78, 5) is 4.30. The smallest absolute Gasteiger partial charge is 0.196 e. The van der Waals surface area contributed by atoms with E-state index < -0.39 is 0 Å². The van der Waals surface area contributed by atoms with Crippen molar-refractivity contribution in [3.63, 3.8) is 0 Å². The molecule has 0 spiro atoms. The standard InChI is InChI=1S/C18H20N2O/c21-20-16-9-3-1-7-14(16)18(13-6-5-11-19-12-13)15-8-2-4-10-17(15)20/h5-6,11-12H,1-4,7-10H2. The summed E-state index contributed by atoms with van der Waals surface area (Å²) in [5.41, 5.74) is 7.17. The number of aromatic nitrogens is 2. The van der Waals surface area contributed by atoms with Crippen LogP contribution in [-0.4, -0.2) is 4.98 Å². The number of pyridine rings is 2. The summed E-state index contributed by atoms with van der Waals surface area (Å²) in [7, 11) is 0. The molecule has 21 heavy (non-hydrogen) atoms. The summed E-state index contributed by atoms with van der Waals surface area (Å²) in [5.74, 6) is 0. The van der Waals surface area contributed by atoms with Gasteiger partial charge in [-0.25, -0.2) is 0 Å². The fraction of sp³-hybridized carbons (Fsp3) is 0.444. The highest BCUT2D eigenvalue weighted by molar-refractivity contribution is 5.72. The van der Waals surface area contributed by atoms with E-state index in [0.717, 1.165) is 49.9 Å². The summed E-state index contributed by atoms with van der Waals surface area (Å²) in [6.07, 6.45) is 12.4. The lowest BCUT2D eigenvalue weighted by Gasteiger charge is -2.26. The number of nitrogens with zero attached hydrogens (tertiary/aromatic N) is 2. The minimum Gasteiger partial charge on any atom is -0.618 e. The zero-order chi connectivity index (χ0) is 14.2. The largest absolute Gasteiger partial charge is 0.618 e. The number of fused-ring (bicyclic) bond motifs is 2. The molecule has 0 unspecified atom stereocenters. The van der Waals surface area contributed by atoms with Gasteiger partial charge in [0, 0.05) is 47.5 Å². The summed E-state index contributed by atoms with van der Waals surface area (Å²) >= 11 is 0. The molecule has 2 aromatic heterocycles. The van der Waals surface area contributed by atoms with Gasteiger partial charge in [-0.1, -0.05) is 6.07 Å². The van der Waals surface area contributed by atoms with Gasteiger partial charge in [0.1, 0.15) is 0 Å². The van der Waals surface area contributed by atoms with Gasteiger partial charge in [-0.3, -0.25) is 4.98 Å². The van der Waals surface area contributed by atoms with Crippen molar-refractivity contribution in [2.75, 3.05) is 0 Å². The second-order valence-corrected chi connectivity index (χ2v) is 6.18. The molecule has 2 heterocycles. The lowest BCUT2D eigenvalue weighted by molar-refractivity contribution is -0.624. The monoisotopic (exact) mass is 280 g/mol. The summed E-state index contributed by atoms with van der Waals surface area (Å²) in [5, 5.41) is 12.7. The fourth-order valence-corrected chi connectivity index (χ4v) is 3.97. The van der Waals surface area contributed by atoms with Crippen LogP contribution >= 0.6 is 0 Å². The molecule has 0 aliphatic heterocycles. The van der Waals surface area contributed by atoms with E-state index in [4.69, 9.17) is 0 Å². The Balaban J connectivity index is 2.03. The van der Waals surface area contributed by atoms with Crippen molar-refractivity contribution in [1.29, 1.82) is 0 Å². The van der Waals surface area contributed by atoms with Crippen LogP contribution in [0.15, 0.2) is 24.5 Å². The van der Waals surface area contributed by atoms with Crippen LogP contribution in [-0.2, 0) is 25.7 Å². The molecule has 2 aliphatic rings. The Hall–Kier alpha value is -1.90. The van der Waals surface area contributed by atoms with Gasteiger partial charge in [0.15, 0.2) is 11.4 Å². The van der Waals surface area contributed by atoms with Gasteiger partial charge in [0.2, 0.25) is 0 Å². The van der Waals surface area contributed by atoms with Crippen molar-refractivity contribution < 1.29 is 4.73 Å². The predicted octanol–water partition coefficient (Wildman–Crippen LogP) is 3.14. The molecule has 2 aliphatic carbocycles. The van der Waals surface area contributed by atoms with E-state index in [0.29, 0.717) is 0 Å². The van der Waals surface area contributed by atoms with Crippen LogP contribution in [0, 0.1) is 5.21 Å². The Morgan fingerprint density at radius 2 is 1.52 bits per heavy atom. The molecule has 3 nitrogen and oxygen atoms in total. The molecule has 0 saturated heterocycles. The number of hydrogen-bond donors (Lipinski definition) is 0. The van der Waals surface area contributed by atoms with Gasteiger partial charge in [0.25, 0.3) is 0 Å². The number of hydrogen-bond acceptors (Lipinski definition) is 2. The highest BCUT2D eigenvalue weighted by Gasteiger charge is 2.31. The average molecular weight is 280 g/mol. The Kier molecular flexibility index (Phi) is 3.13. The quantitative estimate of drug-likeness (QED) is 0.594. The normalized spacial score (nSPS) is 17.1. The maximum Gasteiger partial charge on any atom is 0.196 e. The van der Waals surface area contributed by atoms with Crippen molar-refractivity contribution in [3.05, 3.63) is 52.2 Å². The van der Waals surface area contributed by atoms with Crippen LogP contribution in [0.5, 0.6) is 0 Å². The molecule has 0 saturated carbocycles. The molecule has 3 heteroatoms. The molecule has 0 atom stereocenters. The lowest BCUT2D eigenvalue weighted by Crippen LogP contribution is -2.42. The van der Waals surface area contributed by atoms with Crippen LogP contribution in [0.4, 0.5) is 0 Å². The molecule has 4 rings (SSSR count). The summed E-state index contributed by atoms with van der Waals surface area (Å²) in [6.45, 7) is 0. The minimum absolute atomic E-state index is 0.930. The van der Waals surface area contributed by atoms with E-state index in [2.05, 4.69) is 11.1 Å². The Morgan fingerprint density at radius 3 is 2.10 bits per heavy atom. The van der Waals surface area contributed by atoms with Gasteiger partial charge in [-0.15, -0.1) is 0 Å². The number of rotatable bonds is 1. The van der Waals surface area contributed by atoms with Crippen LogP contribution in [0.25, 0.3) is 11.1 Å². The van der Waals surface area contributed by atoms with Crippen molar-refractivity contribution in [2.24, 2.45) is 0 Å². The molecular formula is C18H20N2O. The third-order valence-electron chi connectivity index (χ3n) is 4.92. The molecule has 0 fully saturated rings. The third kappa shape index (κ3) is 2.03. The first-order valence-corrected chi connectivity index (χ1v) is 8.05. The molecular weight excluding hydrogens is 260 g/mol. The predicted molar refractivity (Wildman–Crippen MR) is 81.9 cm³/mol. The molecule has 108 valence electrons. The van der Waals surface area contributed by atoms with Gasteiger partial charge < -0.3 is 5.21 Å². The highest BCUT2D eigenvalue weighted by atomic mass is 16.5. The van der Waals surface area contributed by atoms with Crippen LogP contribution in [0.2, 0.25) is 0 Å². The third-order valence-corrected chi connectivity index (χ3v) is 4.92. The highest BCUT2D eigenvalue weighted by Crippen LogP contribution is 2.36. The molecule has 0 bridgehead atoms. The second-order valence-electron chi connectivity index (χ2n) is 6.18. The van der Waals surface area contributed by atoms with Crippen molar-refractivity contribution in [2.45, 2.75) is 51.4 Å². The van der Waals surface area contributed by atoms with Crippen LogP contribution in [0.1, 0.15) is 48.2 Å². The van der Waals surface area contributed by atoms with Gasteiger partial charge >= 0.3 is 0 Å². The SMILES string of the molecule is [O-][n+]1c2c(c(-c3cccnc3)c3c1CCCC3)CCCC2. The van der Waals surface area contributed by atoms with Crippen molar-refractivity contribution >= 4 is 0 Å². The van der Waals surface area contributed by atoms with E-state index in [1.165, 1.54) is 39.8 Å². The van der Waals surface area contributed by atoms with Gasteiger partial charge in [0.05, 0.1) is 0 Å². The summed E-state index contributed by atoms with van der Waals surface area (Å²) in [6, 6.07) is 4.14. The van der Waals surface area contributed by atoms with Crippen LogP contribution < -0.4 is 4.73 Å². The minimum atomic E-state index is 0.930. The van der Waals surface area contributed by atoms with Gasteiger partial charge in [-0.2, -0.15) is 4.73 Å². The summed E-state index contributed by atoms with van der Waals surface area (Å²) < 4.78 is 1.28. The van der Waals surface area contributed by atoms with E-state index in [1.54, 1.807) is 0 Å². The Labute approximate surface area is 125 Å². The molecule has 0 amide bonds. The average Bonchev–Trinajstić information content (AvgIpc) is 2.56. The maximum absolute atomic E-state index is 12.7. The fourth-order valence-electron chi connectivity index (χ4n) is 3.97. The molecule has 0 radical (unpaired) electrons. The van der Waals surface area contributed by atoms with E-state index in [-0.39, 0.29) is 0 Å². The lowest BCUT2D eigenvalue weighted by atomic mass is 9.82. The van der Waals surface area contributed by atoms with Crippen molar-refractivity contribution in [1.82, 2.24) is 4.98 Å². The topological polar surface area (TPSA) is 39.8 Å². The molecule has 2 aromatic rings. The molecule has 0 N–H and O–H groups in total. The zero-order valence-electron chi connectivity index (χ0n) is 12.3. The Morgan fingerprint density at radius 1 is 0.905 bits per heavy atom. The Bertz CT molecular complexity index is 642.